The Labute approximate surface area is 67.5 Å². The van der Waals surface area contributed by atoms with Crippen molar-refractivity contribution in [1.82, 2.24) is 0 Å². The van der Waals surface area contributed by atoms with Gasteiger partial charge in [0.05, 0.1) is 5.70 Å². The molecule has 0 amide bonds. The summed E-state index contributed by atoms with van der Waals surface area (Å²) in [6.45, 7) is 0. The second-order valence-corrected chi connectivity index (χ2v) is 2.38. The molecule has 0 unspecified atom stereocenters. The molecule has 0 aromatic heterocycles. The standard InChI is InChI=1S/C7H8F3NO/c8-7(9,10)12-6-4-2-1-3-5(6)11/h2,4H,1,3,11H2. The molecule has 1 aliphatic rings. The first-order valence-electron chi connectivity index (χ1n) is 3.40. The second kappa shape index (κ2) is 3.08. The molecule has 0 saturated carbocycles. The van der Waals surface area contributed by atoms with Crippen molar-refractivity contribution < 1.29 is 17.9 Å². The van der Waals surface area contributed by atoms with Gasteiger partial charge in [0.25, 0.3) is 0 Å². The summed E-state index contributed by atoms with van der Waals surface area (Å²) in [6.07, 6.45) is -0.732. The summed E-state index contributed by atoms with van der Waals surface area (Å²) in [5.41, 5.74) is 5.44. The van der Waals surface area contributed by atoms with Crippen molar-refractivity contribution in [3.05, 3.63) is 23.6 Å². The maximum absolute atomic E-state index is 11.7. The molecule has 0 spiro atoms. The highest BCUT2D eigenvalue weighted by Crippen LogP contribution is 2.25. The number of hydrogen-bond donors (Lipinski definition) is 1. The quantitative estimate of drug-likeness (QED) is 0.668. The van der Waals surface area contributed by atoms with Gasteiger partial charge in [-0.15, -0.1) is 13.2 Å². The highest BCUT2D eigenvalue weighted by Gasteiger charge is 2.32. The summed E-state index contributed by atoms with van der Waals surface area (Å²) in [4.78, 5) is 0. The predicted octanol–water partition coefficient (Wildman–Crippen LogP) is 2.04. The fourth-order valence-corrected chi connectivity index (χ4v) is 0.884. The maximum atomic E-state index is 11.7. The van der Waals surface area contributed by atoms with Gasteiger partial charge in [-0.1, -0.05) is 6.08 Å². The van der Waals surface area contributed by atoms with Crippen LogP contribution in [-0.2, 0) is 4.74 Å². The van der Waals surface area contributed by atoms with Crippen LogP contribution in [0, 0.1) is 0 Å². The van der Waals surface area contributed by atoms with Crippen molar-refractivity contribution in [2.24, 2.45) is 5.73 Å². The third kappa shape index (κ3) is 2.48. The van der Waals surface area contributed by atoms with Crippen LogP contribution in [0.2, 0.25) is 0 Å². The molecular formula is C7H8F3NO. The van der Waals surface area contributed by atoms with Crippen LogP contribution in [0.1, 0.15) is 12.8 Å². The van der Waals surface area contributed by atoms with Crippen LogP contribution < -0.4 is 5.73 Å². The highest BCUT2D eigenvalue weighted by atomic mass is 19.4. The highest BCUT2D eigenvalue weighted by molar-refractivity contribution is 5.22. The summed E-state index contributed by atoms with van der Waals surface area (Å²) < 4.78 is 38.7. The van der Waals surface area contributed by atoms with Crippen LogP contribution in [0.3, 0.4) is 0 Å². The van der Waals surface area contributed by atoms with Gasteiger partial charge in [-0.05, 0) is 18.9 Å². The number of alkyl halides is 3. The monoisotopic (exact) mass is 179 g/mol. The topological polar surface area (TPSA) is 35.2 Å². The molecule has 0 aliphatic heterocycles. The molecule has 0 bridgehead atoms. The first-order chi connectivity index (χ1) is 5.49. The number of nitrogens with two attached hydrogens (primary N) is 1. The first kappa shape index (κ1) is 8.96. The zero-order valence-corrected chi connectivity index (χ0v) is 6.19. The number of hydrogen-bond acceptors (Lipinski definition) is 2. The third-order valence-electron chi connectivity index (χ3n) is 1.39. The van der Waals surface area contributed by atoms with Gasteiger partial charge >= 0.3 is 6.36 Å². The Kier molecular flexibility index (Phi) is 2.30. The van der Waals surface area contributed by atoms with E-state index >= 15 is 0 Å². The van der Waals surface area contributed by atoms with E-state index in [1.165, 1.54) is 6.08 Å². The van der Waals surface area contributed by atoms with Gasteiger partial charge in [0.2, 0.25) is 0 Å². The minimum atomic E-state index is -4.65. The molecule has 0 aromatic carbocycles. The van der Waals surface area contributed by atoms with E-state index in [0.29, 0.717) is 12.8 Å². The molecule has 0 aromatic rings. The van der Waals surface area contributed by atoms with Crippen molar-refractivity contribution in [3.63, 3.8) is 0 Å². The van der Waals surface area contributed by atoms with E-state index in [1.807, 2.05) is 0 Å². The van der Waals surface area contributed by atoms with Crippen LogP contribution in [0.15, 0.2) is 23.6 Å². The maximum Gasteiger partial charge on any atom is 0.573 e. The van der Waals surface area contributed by atoms with Crippen molar-refractivity contribution in [1.29, 1.82) is 0 Å². The van der Waals surface area contributed by atoms with E-state index in [-0.39, 0.29) is 11.5 Å². The number of halogens is 3. The molecule has 1 aliphatic carbocycles. The minimum Gasteiger partial charge on any atom is -0.404 e. The second-order valence-electron chi connectivity index (χ2n) is 2.38. The summed E-state index contributed by atoms with van der Waals surface area (Å²) >= 11 is 0. The van der Waals surface area contributed by atoms with Gasteiger partial charge in [-0.3, -0.25) is 0 Å². The summed E-state index contributed by atoms with van der Waals surface area (Å²) in [7, 11) is 0. The Morgan fingerprint density at radius 1 is 1.42 bits per heavy atom. The molecule has 0 radical (unpaired) electrons. The van der Waals surface area contributed by atoms with Crippen LogP contribution in [0.25, 0.3) is 0 Å². The van der Waals surface area contributed by atoms with Crippen molar-refractivity contribution in [3.8, 4) is 0 Å². The molecule has 68 valence electrons. The van der Waals surface area contributed by atoms with E-state index < -0.39 is 6.36 Å². The Hall–Kier alpha value is -1.13. The molecule has 2 N–H and O–H groups in total. The molecule has 0 heterocycles. The van der Waals surface area contributed by atoms with E-state index in [9.17, 15) is 13.2 Å². The summed E-state index contributed by atoms with van der Waals surface area (Å²) in [5, 5.41) is 0. The van der Waals surface area contributed by atoms with Crippen molar-refractivity contribution in [2.45, 2.75) is 19.2 Å². The Bertz CT molecular complexity index is 229. The van der Waals surface area contributed by atoms with Crippen LogP contribution in [0.4, 0.5) is 13.2 Å². The third-order valence-corrected chi connectivity index (χ3v) is 1.39. The van der Waals surface area contributed by atoms with Gasteiger partial charge in [-0.25, -0.2) is 0 Å². The Morgan fingerprint density at radius 3 is 2.58 bits per heavy atom. The van der Waals surface area contributed by atoms with Gasteiger partial charge in [0, 0.05) is 0 Å². The lowest BCUT2D eigenvalue weighted by Gasteiger charge is -2.14. The van der Waals surface area contributed by atoms with E-state index in [4.69, 9.17) is 5.73 Å². The van der Waals surface area contributed by atoms with Crippen LogP contribution in [-0.4, -0.2) is 6.36 Å². The van der Waals surface area contributed by atoms with Crippen LogP contribution >= 0.6 is 0 Å². The largest absolute Gasteiger partial charge is 0.573 e. The van der Waals surface area contributed by atoms with Gasteiger partial charge < -0.3 is 10.5 Å². The zero-order valence-electron chi connectivity index (χ0n) is 6.19. The van der Waals surface area contributed by atoms with Crippen LogP contribution in [0.5, 0.6) is 0 Å². The minimum absolute atomic E-state index is 0.148. The van der Waals surface area contributed by atoms with Gasteiger partial charge in [0.15, 0.2) is 0 Å². The van der Waals surface area contributed by atoms with E-state index in [1.54, 1.807) is 6.08 Å². The SMILES string of the molecule is NC1=C(OC(F)(F)F)C=CCC1. The summed E-state index contributed by atoms with van der Waals surface area (Å²) in [6, 6.07) is 0. The zero-order chi connectivity index (χ0) is 9.19. The summed E-state index contributed by atoms with van der Waals surface area (Å²) in [5.74, 6) is -0.284. The number of ether oxygens (including phenoxy) is 1. The van der Waals surface area contributed by atoms with Crippen molar-refractivity contribution in [2.75, 3.05) is 0 Å². The Morgan fingerprint density at radius 2 is 2.08 bits per heavy atom. The molecular weight excluding hydrogens is 171 g/mol. The lowest BCUT2D eigenvalue weighted by Crippen LogP contribution is -2.16. The Balaban J connectivity index is 2.68. The number of allylic oxidation sites excluding steroid dienone is 3. The van der Waals surface area contributed by atoms with Crippen molar-refractivity contribution >= 4 is 0 Å². The molecule has 2 nitrogen and oxygen atoms in total. The molecule has 1 rings (SSSR count). The first-order valence-corrected chi connectivity index (χ1v) is 3.40. The lowest BCUT2D eigenvalue weighted by atomic mass is 10.1. The lowest BCUT2D eigenvalue weighted by molar-refractivity contribution is -0.303. The van der Waals surface area contributed by atoms with E-state index in [0.717, 1.165) is 0 Å². The van der Waals surface area contributed by atoms with Gasteiger partial charge in [0.1, 0.15) is 5.76 Å². The number of rotatable bonds is 1. The fraction of sp³-hybridized carbons (Fsp3) is 0.429. The smallest absolute Gasteiger partial charge is 0.404 e. The fourth-order valence-electron chi connectivity index (χ4n) is 0.884. The molecule has 0 saturated heterocycles. The average Bonchev–Trinajstić information content (AvgIpc) is 1.91. The van der Waals surface area contributed by atoms with E-state index in [2.05, 4.69) is 4.74 Å². The van der Waals surface area contributed by atoms with Gasteiger partial charge in [-0.2, -0.15) is 0 Å². The molecule has 0 fully saturated rings. The molecule has 0 atom stereocenters. The normalized spacial score (nSPS) is 18.2. The predicted molar refractivity (Wildman–Crippen MR) is 36.7 cm³/mol. The molecule has 12 heavy (non-hydrogen) atoms. The average molecular weight is 179 g/mol. The molecule has 5 heteroatoms.